The molecule has 2 aliphatic rings. The number of carbonyl (C=O) groups excluding carboxylic acids is 1. The molecule has 2 rings (SSSR count). The summed E-state index contributed by atoms with van der Waals surface area (Å²) in [6.07, 6.45) is 3.35. The van der Waals surface area contributed by atoms with Crippen molar-refractivity contribution in [3.63, 3.8) is 0 Å². The van der Waals surface area contributed by atoms with E-state index < -0.39 is 0 Å². The Hall–Kier alpha value is -0.610. The van der Waals surface area contributed by atoms with Gasteiger partial charge in [0.15, 0.2) is 0 Å². The van der Waals surface area contributed by atoms with Crippen LogP contribution in [-0.4, -0.2) is 61.5 Å². The fraction of sp³-hybridized carbons (Fsp3) is 0.909. The molecule has 0 aromatic heterocycles. The molecule has 2 saturated heterocycles. The average Bonchev–Trinajstić information content (AvgIpc) is 2.60. The van der Waals surface area contributed by atoms with E-state index in [1.54, 1.807) is 0 Å². The topological polar surface area (TPSA) is 35.6 Å². The predicted octanol–water partition coefficient (Wildman–Crippen LogP) is -0.0991. The highest BCUT2D eigenvalue weighted by molar-refractivity contribution is 5.83. The summed E-state index contributed by atoms with van der Waals surface area (Å²) in [5.41, 5.74) is 0. The first kappa shape index (κ1) is 10.9. The zero-order chi connectivity index (χ0) is 10.8. The van der Waals surface area contributed by atoms with Gasteiger partial charge in [0, 0.05) is 32.7 Å². The van der Waals surface area contributed by atoms with Crippen molar-refractivity contribution in [3.8, 4) is 0 Å². The molecule has 0 aromatic rings. The largest absolute Gasteiger partial charge is 0.344 e. The fourth-order valence-corrected chi connectivity index (χ4v) is 2.64. The first-order valence-corrected chi connectivity index (χ1v) is 5.88. The van der Waals surface area contributed by atoms with E-state index in [1.165, 1.54) is 12.8 Å². The Morgan fingerprint density at radius 1 is 1.20 bits per heavy atom. The smallest absolute Gasteiger partial charge is 0.239 e. The van der Waals surface area contributed by atoms with Crippen LogP contribution in [-0.2, 0) is 4.79 Å². The van der Waals surface area contributed by atoms with Crippen LogP contribution in [0.4, 0.5) is 0 Å². The summed E-state index contributed by atoms with van der Waals surface area (Å²) in [5, 5.41) is 3.31. The average molecular weight is 211 g/mol. The Kier molecular flexibility index (Phi) is 3.26. The minimum atomic E-state index is 0.174. The van der Waals surface area contributed by atoms with Crippen LogP contribution in [0.25, 0.3) is 0 Å². The molecule has 1 amide bonds. The molecule has 2 aliphatic heterocycles. The number of nitrogens with zero attached hydrogens (tertiary/aromatic N) is 2. The van der Waals surface area contributed by atoms with E-state index in [1.807, 2.05) is 19.0 Å². The molecule has 15 heavy (non-hydrogen) atoms. The Balaban J connectivity index is 1.88. The highest BCUT2D eigenvalue weighted by Crippen LogP contribution is 2.20. The minimum Gasteiger partial charge on any atom is -0.344 e. The monoisotopic (exact) mass is 211 g/mol. The molecule has 1 atom stereocenters. The first-order valence-electron chi connectivity index (χ1n) is 5.88. The second kappa shape index (κ2) is 4.49. The second-order valence-corrected chi connectivity index (χ2v) is 4.66. The quantitative estimate of drug-likeness (QED) is 0.693. The van der Waals surface area contributed by atoms with Gasteiger partial charge in [-0.15, -0.1) is 0 Å². The van der Waals surface area contributed by atoms with E-state index in [9.17, 15) is 4.79 Å². The van der Waals surface area contributed by atoms with E-state index in [4.69, 9.17) is 0 Å². The van der Waals surface area contributed by atoms with Crippen molar-refractivity contribution in [2.24, 2.45) is 0 Å². The fourth-order valence-electron chi connectivity index (χ4n) is 2.64. The Morgan fingerprint density at radius 3 is 2.33 bits per heavy atom. The maximum atomic E-state index is 11.8. The summed E-state index contributed by atoms with van der Waals surface area (Å²) in [4.78, 5) is 16.0. The highest BCUT2D eigenvalue weighted by atomic mass is 16.2. The van der Waals surface area contributed by atoms with Crippen LogP contribution in [0.1, 0.15) is 19.3 Å². The van der Waals surface area contributed by atoms with Crippen LogP contribution in [0.15, 0.2) is 0 Å². The van der Waals surface area contributed by atoms with Gasteiger partial charge in [-0.1, -0.05) is 0 Å². The van der Waals surface area contributed by atoms with Gasteiger partial charge in [-0.25, -0.2) is 0 Å². The Labute approximate surface area is 91.6 Å². The lowest BCUT2D eigenvalue weighted by Gasteiger charge is -2.34. The van der Waals surface area contributed by atoms with Crippen LogP contribution in [0.3, 0.4) is 0 Å². The van der Waals surface area contributed by atoms with E-state index in [-0.39, 0.29) is 6.04 Å². The van der Waals surface area contributed by atoms with Crippen LogP contribution in [0.2, 0.25) is 0 Å². The van der Waals surface area contributed by atoms with Crippen molar-refractivity contribution in [2.45, 2.75) is 31.3 Å². The summed E-state index contributed by atoms with van der Waals surface area (Å²) in [7, 11) is 3.93. The number of amides is 1. The molecule has 0 aromatic carbocycles. The number of likely N-dealkylation sites (N-methyl/N-ethyl adjacent to an activating group) is 1. The van der Waals surface area contributed by atoms with Gasteiger partial charge in [-0.2, -0.15) is 0 Å². The zero-order valence-corrected chi connectivity index (χ0v) is 9.70. The maximum Gasteiger partial charge on any atom is 0.239 e. The molecule has 0 aliphatic carbocycles. The summed E-state index contributed by atoms with van der Waals surface area (Å²) >= 11 is 0. The van der Waals surface area contributed by atoms with Crippen molar-refractivity contribution in [1.82, 2.24) is 15.1 Å². The molecule has 4 heteroatoms. The van der Waals surface area contributed by atoms with Crippen LogP contribution < -0.4 is 5.32 Å². The lowest BCUT2D eigenvalue weighted by molar-refractivity contribution is -0.131. The summed E-state index contributed by atoms with van der Waals surface area (Å²) in [6.45, 7) is 3.06. The predicted molar refractivity (Wildman–Crippen MR) is 59.7 cm³/mol. The van der Waals surface area contributed by atoms with Gasteiger partial charge in [0.05, 0.1) is 6.04 Å². The third kappa shape index (κ3) is 2.16. The molecule has 0 radical (unpaired) electrons. The molecule has 4 nitrogen and oxygen atoms in total. The standard InChI is InChI=1S/C11H21N3O/c1-12-9-3-7-14(8-4-9)10-5-6-13(2)11(10)15/h9-10,12H,3-8H2,1-2H3. The van der Waals surface area contributed by atoms with E-state index in [0.717, 1.165) is 26.1 Å². The number of hydrogen-bond donors (Lipinski definition) is 1. The Bertz CT molecular complexity index is 236. The lowest BCUT2D eigenvalue weighted by Crippen LogP contribution is -2.48. The van der Waals surface area contributed by atoms with Crippen molar-refractivity contribution in [2.75, 3.05) is 33.7 Å². The number of carbonyl (C=O) groups is 1. The first-order chi connectivity index (χ1) is 7.22. The molecule has 86 valence electrons. The molecule has 0 spiro atoms. The van der Waals surface area contributed by atoms with Gasteiger partial charge in [-0.05, 0) is 26.3 Å². The third-order valence-corrected chi connectivity index (χ3v) is 3.78. The van der Waals surface area contributed by atoms with Gasteiger partial charge in [-0.3, -0.25) is 9.69 Å². The SMILES string of the molecule is CNC1CCN(C2CCN(C)C2=O)CC1. The van der Waals surface area contributed by atoms with Crippen molar-refractivity contribution >= 4 is 5.91 Å². The molecule has 2 heterocycles. The second-order valence-electron chi connectivity index (χ2n) is 4.66. The zero-order valence-electron chi connectivity index (χ0n) is 9.70. The number of piperidine rings is 1. The lowest BCUT2D eigenvalue weighted by atomic mass is 10.0. The summed E-state index contributed by atoms with van der Waals surface area (Å²) in [5.74, 6) is 0.318. The van der Waals surface area contributed by atoms with Crippen molar-refractivity contribution in [3.05, 3.63) is 0 Å². The maximum absolute atomic E-state index is 11.8. The highest BCUT2D eigenvalue weighted by Gasteiger charge is 2.35. The van der Waals surface area contributed by atoms with Crippen molar-refractivity contribution in [1.29, 1.82) is 0 Å². The molecule has 0 saturated carbocycles. The Morgan fingerprint density at radius 2 is 1.87 bits per heavy atom. The van der Waals surface area contributed by atoms with Gasteiger partial charge in [0.25, 0.3) is 0 Å². The molecule has 2 fully saturated rings. The number of likely N-dealkylation sites (tertiary alicyclic amines) is 2. The van der Waals surface area contributed by atoms with Crippen LogP contribution >= 0.6 is 0 Å². The summed E-state index contributed by atoms with van der Waals surface area (Å²) in [6, 6.07) is 0.822. The number of nitrogens with one attached hydrogen (secondary N) is 1. The number of hydrogen-bond acceptors (Lipinski definition) is 3. The molecule has 1 unspecified atom stereocenters. The molecule has 1 N–H and O–H groups in total. The molecular formula is C11H21N3O. The van der Waals surface area contributed by atoms with Crippen LogP contribution in [0, 0.1) is 0 Å². The molecular weight excluding hydrogens is 190 g/mol. The van der Waals surface area contributed by atoms with Gasteiger partial charge in [0.1, 0.15) is 0 Å². The van der Waals surface area contributed by atoms with Crippen LogP contribution in [0.5, 0.6) is 0 Å². The third-order valence-electron chi connectivity index (χ3n) is 3.78. The normalized spacial score (nSPS) is 30.1. The van der Waals surface area contributed by atoms with E-state index in [0.29, 0.717) is 11.9 Å². The van der Waals surface area contributed by atoms with E-state index in [2.05, 4.69) is 10.2 Å². The summed E-state index contributed by atoms with van der Waals surface area (Å²) < 4.78 is 0. The number of rotatable bonds is 2. The van der Waals surface area contributed by atoms with Gasteiger partial charge < -0.3 is 10.2 Å². The minimum absolute atomic E-state index is 0.174. The van der Waals surface area contributed by atoms with Crippen molar-refractivity contribution < 1.29 is 4.79 Å². The van der Waals surface area contributed by atoms with E-state index >= 15 is 0 Å². The van der Waals surface area contributed by atoms with Gasteiger partial charge >= 0.3 is 0 Å². The van der Waals surface area contributed by atoms with Gasteiger partial charge in [0.2, 0.25) is 5.91 Å². The molecule has 0 bridgehead atoms.